The molecule has 2 aromatic heterocycles. The summed E-state index contributed by atoms with van der Waals surface area (Å²) in [5, 5.41) is 2.09. The first-order valence-electron chi connectivity index (χ1n) is 8.95. The van der Waals surface area contributed by atoms with Crippen LogP contribution in [0.4, 0.5) is 0 Å². The normalized spacial score (nSPS) is 15.8. The molecular weight excluding hydrogens is 330 g/mol. The van der Waals surface area contributed by atoms with Crippen LogP contribution in [0.2, 0.25) is 0 Å². The van der Waals surface area contributed by atoms with Gasteiger partial charge in [0.15, 0.2) is 0 Å². The van der Waals surface area contributed by atoms with Crippen LogP contribution in [0.5, 0.6) is 0 Å². The summed E-state index contributed by atoms with van der Waals surface area (Å²) in [6.07, 6.45) is 2.99. The van der Waals surface area contributed by atoms with Crippen molar-refractivity contribution in [3.63, 3.8) is 0 Å². The lowest BCUT2D eigenvalue weighted by Crippen LogP contribution is -2.39. The zero-order chi connectivity index (χ0) is 17.2. The van der Waals surface area contributed by atoms with Crippen LogP contribution in [0, 0.1) is 5.92 Å². The van der Waals surface area contributed by atoms with E-state index in [1.165, 1.54) is 4.88 Å². The van der Waals surface area contributed by atoms with Gasteiger partial charge in [0.25, 0.3) is 0 Å². The molecule has 0 aliphatic carbocycles. The molecule has 0 spiro atoms. The van der Waals surface area contributed by atoms with E-state index in [0.29, 0.717) is 6.54 Å². The Bertz CT molecular complexity index is 860. The van der Waals surface area contributed by atoms with Crippen molar-refractivity contribution >= 4 is 28.3 Å². The number of carbonyl (C=O) groups excluding carboxylic acids is 1. The third-order valence-electron chi connectivity index (χ3n) is 5.08. The van der Waals surface area contributed by atoms with Crippen molar-refractivity contribution in [3.05, 3.63) is 52.5 Å². The molecular formula is C20H23N3OS. The minimum absolute atomic E-state index is 0.211. The molecule has 1 amide bonds. The van der Waals surface area contributed by atoms with Crippen molar-refractivity contribution in [1.29, 1.82) is 0 Å². The minimum Gasteiger partial charge on any atom is -0.341 e. The number of nitrogens with zero attached hydrogens (tertiary/aromatic N) is 3. The van der Waals surface area contributed by atoms with Gasteiger partial charge in [-0.05, 0) is 42.3 Å². The van der Waals surface area contributed by atoms with Crippen LogP contribution >= 0.6 is 11.3 Å². The summed E-state index contributed by atoms with van der Waals surface area (Å²) in [6.45, 7) is 4.42. The number of carbonyl (C=O) groups is 1. The summed E-state index contributed by atoms with van der Waals surface area (Å²) < 4.78 is 2.11. The van der Waals surface area contributed by atoms with Crippen LogP contribution in [0.25, 0.3) is 11.0 Å². The van der Waals surface area contributed by atoms with E-state index in [0.717, 1.165) is 55.1 Å². The lowest BCUT2D eigenvalue weighted by molar-refractivity contribution is -0.133. The molecule has 4 nitrogen and oxygen atoms in total. The van der Waals surface area contributed by atoms with Gasteiger partial charge in [-0.2, -0.15) is 0 Å². The topological polar surface area (TPSA) is 38.1 Å². The Hall–Kier alpha value is -2.14. The highest BCUT2D eigenvalue weighted by Crippen LogP contribution is 2.22. The van der Waals surface area contributed by atoms with E-state index in [-0.39, 0.29) is 5.91 Å². The Labute approximate surface area is 152 Å². The smallest absolute Gasteiger partial charge is 0.242 e. The predicted molar refractivity (Wildman–Crippen MR) is 102 cm³/mol. The molecule has 1 aliphatic heterocycles. The van der Waals surface area contributed by atoms with Crippen LogP contribution in [0.1, 0.15) is 30.5 Å². The lowest BCUT2D eigenvalue weighted by Gasteiger charge is -2.30. The molecule has 4 rings (SSSR count). The number of imidazole rings is 1. The number of hydrogen-bond donors (Lipinski definition) is 0. The molecule has 0 atom stereocenters. The third kappa shape index (κ3) is 3.47. The molecule has 1 saturated heterocycles. The average Bonchev–Trinajstić information content (AvgIpc) is 3.24. The van der Waals surface area contributed by atoms with Crippen molar-refractivity contribution in [3.8, 4) is 0 Å². The molecule has 5 heteroatoms. The number of piperidine rings is 1. The minimum atomic E-state index is 0.211. The largest absolute Gasteiger partial charge is 0.341 e. The number of aromatic nitrogens is 2. The fourth-order valence-corrected chi connectivity index (χ4v) is 4.20. The number of para-hydroxylation sites is 2. The summed E-state index contributed by atoms with van der Waals surface area (Å²) in [5.74, 6) is 1.91. The summed E-state index contributed by atoms with van der Waals surface area (Å²) in [5.41, 5.74) is 2.02. The number of rotatable bonds is 4. The van der Waals surface area contributed by atoms with Crippen molar-refractivity contribution in [2.45, 2.75) is 32.7 Å². The standard InChI is InChI=1S/C20H23N3OS/c1-15-8-10-22(11-9-15)20(24)14-23-18-7-3-2-6-17(18)21-19(23)13-16-5-4-12-25-16/h2-7,12,15H,8-11,13-14H2,1H3. The van der Waals surface area contributed by atoms with Crippen molar-refractivity contribution < 1.29 is 4.79 Å². The van der Waals surface area contributed by atoms with E-state index in [1.807, 2.05) is 23.1 Å². The predicted octanol–water partition coefficient (Wildman–Crippen LogP) is 3.95. The van der Waals surface area contributed by atoms with Gasteiger partial charge in [0, 0.05) is 24.4 Å². The zero-order valence-electron chi connectivity index (χ0n) is 14.5. The molecule has 0 radical (unpaired) electrons. The summed E-state index contributed by atoms with van der Waals surface area (Å²) in [7, 11) is 0. The monoisotopic (exact) mass is 353 g/mol. The van der Waals surface area contributed by atoms with Gasteiger partial charge in [0.2, 0.25) is 5.91 Å². The van der Waals surface area contributed by atoms with Gasteiger partial charge in [0.1, 0.15) is 12.4 Å². The van der Waals surface area contributed by atoms with E-state index in [4.69, 9.17) is 4.98 Å². The second kappa shape index (κ2) is 7.00. The number of fused-ring (bicyclic) bond motifs is 1. The molecule has 1 aromatic carbocycles. The van der Waals surface area contributed by atoms with E-state index in [2.05, 4.69) is 35.1 Å². The molecule has 3 heterocycles. The van der Waals surface area contributed by atoms with Gasteiger partial charge >= 0.3 is 0 Å². The van der Waals surface area contributed by atoms with Crippen LogP contribution in [-0.2, 0) is 17.8 Å². The number of thiophene rings is 1. The molecule has 0 N–H and O–H groups in total. The maximum atomic E-state index is 12.9. The van der Waals surface area contributed by atoms with E-state index >= 15 is 0 Å². The van der Waals surface area contributed by atoms with Crippen molar-refractivity contribution in [1.82, 2.24) is 14.5 Å². The van der Waals surface area contributed by atoms with Gasteiger partial charge in [-0.25, -0.2) is 4.98 Å². The fraction of sp³-hybridized carbons (Fsp3) is 0.400. The number of amides is 1. The van der Waals surface area contributed by atoms with Gasteiger partial charge in [-0.1, -0.05) is 25.1 Å². The first-order valence-corrected chi connectivity index (χ1v) is 9.83. The van der Waals surface area contributed by atoms with Crippen molar-refractivity contribution in [2.24, 2.45) is 5.92 Å². The second-order valence-corrected chi connectivity index (χ2v) is 7.95. The SMILES string of the molecule is CC1CCN(C(=O)Cn2c(Cc3cccs3)nc3ccccc32)CC1. The highest BCUT2D eigenvalue weighted by Gasteiger charge is 2.22. The molecule has 3 aromatic rings. The highest BCUT2D eigenvalue weighted by atomic mass is 32.1. The number of benzene rings is 1. The van der Waals surface area contributed by atoms with Gasteiger partial charge in [0.05, 0.1) is 11.0 Å². The molecule has 25 heavy (non-hydrogen) atoms. The molecule has 130 valence electrons. The Morgan fingerprint density at radius 3 is 2.76 bits per heavy atom. The summed E-state index contributed by atoms with van der Waals surface area (Å²) in [4.78, 5) is 20.9. The quantitative estimate of drug-likeness (QED) is 0.712. The van der Waals surface area contributed by atoms with Crippen LogP contribution in [-0.4, -0.2) is 33.4 Å². The average molecular weight is 353 g/mol. The molecule has 0 unspecified atom stereocenters. The number of hydrogen-bond acceptors (Lipinski definition) is 3. The maximum absolute atomic E-state index is 12.9. The molecule has 1 aliphatic rings. The van der Waals surface area contributed by atoms with E-state index in [9.17, 15) is 4.79 Å². The first kappa shape index (κ1) is 16.3. The summed E-state index contributed by atoms with van der Waals surface area (Å²) in [6, 6.07) is 12.3. The van der Waals surface area contributed by atoms with Crippen LogP contribution in [0.15, 0.2) is 41.8 Å². The Kier molecular flexibility index (Phi) is 4.57. The molecule has 0 saturated carbocycles. The fourth-order valence-electron chi connectivity index (χ4n) is 3.50. The zero-order valence-corrected chi connectivity index (χ0v) is 15.3. The van der Waals surface area contributed by atoms with E-state index in [1.54, 1.807) is 11.3 Å². The Balaban J connectivity index is 1.61. The van der Waals surface area contributed by atoms with Crippen LogP contribution < -0.4 is 0 Å². The van der Waals surface area contributed by atoms with Crippen LogP contribution in [0.3, 0.4) is 0 Å². The molecule has 1 fully saturated rings. The lowest BCUT2D eigenvalue weighted by atomic mass is 9.99. The Morgan fingerprint density at radius 2 is 2.00 bits per heavy atom. The Morgan fingerprint density at radius 1 is 1.20 bits per heavy atom. The summed E-state index contributed by atoms with van der Waals surface area (Å²) >= 11 is 1.73. The molecule has 0 bridgehead atoms. The van der Waals surface area contributed by atoms with Gasteiger partial charge in [-0.15, -0.1) is 11.3 Å². The van der Waals surface area contributed by atoms with E-state index < -0.39 is 0 Å². The first-order chi connectivity index (χ1) is 12.2. The van der Waals surface area contributed by atoms with Gasteiger partial charge in [-0.3, -0.25) is 4.79 Å². The maximum Gasteiger partial charge on any atom is 0.242 e. The van der Waals surface area contributed by atoms with Crippen molar-refractivity contribution in [2.75, 3.05) is 13.1 Å². The second-order valence-electron chi connectivity index (χ2n) is 6.92. The number of likely N-dealkylation sites (tertiary alicyclic amines) is 1. The van der Waals surface area contributed by atoms with Gasteiger partial charge < -0.3 is 9.47 Å². The third-order valence-corrected chi connectivity index (χ3v) is 5.95. The highest BCUT2D eigenvalue weighted by molar-refractivity contribution is 7.09.